The van der Waals surface area contributed by atoms with E-state index in [9.17, 15) is 0 Å². The second-order valence-electron chi connectivity index (χ2n) is 3.94. The third kappa shape index (κ3) is 3.32. The van der Waals surface area contributed by atoms with Gasteiger partial charge in [-0.05, 0) is 32.5 Å². The Kier molecular flexibility index (Phi) is 5.50. The summed E-state index contributed by atoms with van der Waals surface area (Å²) in [5.74, 6) is 0. The molecule has 0 spiro atoms. The van der Waals surface area contributed by atoms with Crippen molar-refractivity contribution in [3.63, 3.8) is 0 Å². The minimum absolute atomic E-state index is 0.0978. The van der Waals surface area contributed by atoms with E-state index < -0.39 is 0 Å². The molecule has 0 bridgehead atoms. The van der Waals surface area contributed by atoms with Crippen molar-refractivity contribution in [3.8, 4) is 0 Å². The molecule has 2 nitrogen and oxygen atoms in total. The average molecular weight is 221 g/mol. The van der Waals surface area contributed by atoms with Crippen LogP contribution in [0.1, 0.15) is 38.1 Å². The molecular weight excluding hydrogens is 198 g/mol. The fraction of sp³-hybridized carbons (Fsp3) is 0.571. The van der Waals surface area contributed by atoms with Gasteiger partial charge in [0.15, 0.2) is 0 Å². The van der Waals surface area contributed by atoms with Crippen LogP contribution >= 0.6 is 0 Å². The highest BCUT2D eigenvalue weighted by Crippen LogP contribution is 2.22. The summed E-state index contributed by atoms with van der Waals surface area (Å²) >= 11 is 0. The summed E-state index contributed by atoms with van der Waals surface area (Å²) in [5.41, 5.74) is 2.54. The van der Waals surface area contributed by atoms with Gasteiger partial charge in [-0.25, -0.2) is 0 Å². The zero-order chi connectivity index (χ0) is 12.0. The molecule has 0 aliphatic carbocycles. The van der Waals surface area contributed by atoms with Crippen molar-refractivity contribution in [3.05, 3.63) is 35.4 Å². The average Bonchev–Trinajstić information content (AvgIpc) is 2.31. The molecule has 90 valence electrons. The van der Waals surface area contributed by atoms with Crippen LogP contribution in [0.5, 0.6) is 0 Å². The molecule has 0 heterocycles. The molecule has 16 heavy (non-hydrogen) atoms. The van der Waals surface area contributed by atoms with E-state index in [1.165, 1.54) is 11.1 Å². The molecular formula is C14H23NO. The first-order valence-electron chi connectivity index (χ1n) is 6.15. The Morgan fingerprint density at radius 3 is 2.06 bits per heavy atom. The van der Waals surface area contributed by atoms with Crippen molar-refractivity contribution >= 4 is 0 Å². The van der Waals surface area contributed by atoms with Crippen LogP contribution in [0.2, 0.25) is 0 Å². The minimum Gasteiger partial charge on any atom is -0.359 e. The molecule has 2 heteroatoms. The second-order valence-corrected chi connectivity index (χ2v) is 3.94. The van der Waals surface area contributed by atoms with Gasteiger partial charge >= 0.3 is 0 Å². The molecule has 1 unspecified atom stereocenters. The number of rotatable bonds is 6. The number of benzene rings is 1. The summed E-state index contributed by atoms with van der Waals surface area (Å²) in [6.45, 7) is 11.3. The van der Waals surface area contributed by atoms with E-state index in [0.717, 1.165) is 19.7 Å². The first-order chi connectivity index (χ1) is 7.72. The Labute approximate surface area is 99.2 Å². The predicted molar refractivity (Wildman–Crippen MR) is 68.5 cm³/mol. The van der Waals surface area contributed by atoms with Crippen molar-refractivity contribution < 1.29 is 4.74 Å². The molecule has 0 saturated heterocycles. The molecule has 1 aromatic rings. The van der Waals surface area contributed by atoms with E-state index in [-0.39, 0.29) is 6.23 Å². The van der Waals surface area contributed by atoms with Gasteiger partial charge in [0.2, 0.25) is 0 Å². The molecule has 0 fully saturated rings. The molecule has 1 atom stereocenters. The Hall–Kier alpha value is -0.860. The SMILES string of the molecule is CCOC(c1ccc(C)cc1)N(CC)CC. The van der Waals surface area contributed by atoms with E-state index in [1.807, 2.05) is 6.92 Å². The quantitative estimate of drug-likeness (QED) is 0.683. The highest BCUT2D eigenvalue weighted by molar-refractivity contribution is 5.23. The zero-order valence-electron chi connectivity index (χ0n) is 10.9. The van der Waals surface area contributed by atoms with Gasteiger partial charge in [-0.15, -0.1) is 0 Å². The predicted octanol–water partition coefficient (Wildman–Crippen LogP) is 3.37. The molecule has 0 saturated carbocycles. The normalized spacial score (nSPS) is 13.1. The van der Waals surface area contributed by atoms with Crippen molar-refractivity contribution in [1.29, 1.82) is 0 Å². The van der Waals surface area contributed by atoms with Crippen LogP contribution in [0.3, 0.4) is 0 Å². The van der Waals surface area contributed by atoms with Gasteiger partial charge in [0.1, 0.15) is 6.23 Å². The van der Waals surface area contributed by atoms with Gasteiger partial charge < -0.3 is 4.74 Å². The molecule has 0 N–H and O–H groups in total. The van der Waals surface area contributed by atoms with E-state index >= 15 is 0 Å². The lowest BCUT2D eigenvalue weighted by molar-refractivity contribution is -0.0530. The van der Waals surface area contributed by atoms with Crippen LogP contribution in [0.15, 0.2) is 24.3 Å². The Morgan fingerprint density at radius 2 is 1.62 bits per heavy atom. The van der Waals surface area contributed by atoms with E-state index in [4.69, 9.17) is 4.74 Å². The summed E-state index contributed by atoms with van der Waals surface area (Å²) in [7, 11) is 0. The van der Waals surface area contributed by atoms with E-state index in [1.54, 1.807) is 0 Å². The summed E-state index contributed by atoms with van der Waals surface area (Å²) in [6, 6.07) is 8.61. The zero-order valence-corrected chi connectivity index (χ0v) is 10.9. The maximum atomic E-state index is 5.84. The van der Waals surface area contributed by atoms with Crippen molar-refractivity contribution in [2.75, 3.05) is 19.7 Å². The highest BCUT2D eigenvalue weighted by atomic mass is 16.5. The molecule has 0 aliphatic rings. The number of aryl methyl sites for hydroxylation is 1. The molecule has 0 aliphatic heterocycles. The van der Waals surface area contributed by atoms with Crippen LogP contribution in [-0.2, 0) is 4.74 Å². The Morgan fingerprint density at radius 1 is 1.06 bits per heavy atom. The summed E-state index contributed by atoms with van der Waals surface area (Å²) < 4.78 is 5.84. The second kappa shape index (κ2) is 6.66. The lowest BCUT2D eigenvalue weighted by atomic mass is 10.1. The summed E-state index contributed by atoms with van der Waals surface area (Å²) in [4.78, 5) is 2.33. The number of nitrogens with zero attached hydrogens (tertiary/aromatic N) is 1. The van der Waals surface area contributed by atoms with Crippen LogP contribution < -0.4 is 0 Å². The maximum Gasteiger partial charge on any atom is 0.136 e. The first-order valence-corrected chi connectivity index (χ1v) is 6.15. The fourth-order valence-electron chi connectivity index (χ4n) is 1.86. The van der Waals surface area contributed by atoms with Crippen LogP contribution in [-0.4, -0.2) is 24.6 Å². The van der Waals surface area contributed by atoms with E-state index in [0.29, 0.717) is 0 Å². The third-order valence-corrected chi connectivity index (χ3v) is 2.83. The lowest BCUT2D eigenvalue weighted by Crippen LogP contribution is -2.30. The van der Waals surface area contributed by atoms with E-state index in [2.05, 4.69) is 49.9 Å². The number of ether oxygens (including phenoxy) is 1. The molecule has 0 radical (unpaired) electrons. The van der Waals surface area contributed by atoms with Gasteiger partial charge in [-0.2, -0.15) is 0 Å². The third-order valence-electron chi connectivity index (χ3n) is 2.83. The van der Waals surface area contributed by atoms with Crippen LogP contribution in [0.25, 0.3) is 0 Å². The van der Waals surface area contributed by atoms with Crippen LogP contribution in [0.4, 0.5) is 0 Å². The van der Waals surface area contributed by atoms with Gasteiger partial charge in [0.25, 0.3) is 0 Å². The van der Waals surface area contributed by atoms with Gasteiger partial charge in [0.05, 0.1) is 0 Å². The minimum atomic E-state index is 0.0978. The van der Waals surface area contributed by atoms with Gasteiger partial charge in [-0.3, -0.25) is 4.90 Å². The summed E-state index contributed by atoms with van der Waals surface area (Å²) in [6.07, 6.45) is 0.0978. The molecule has 1 aromatic carbocycles. The Bertz CT molecular complexity index is 290. The maximum absolute atomic E-state index is 5.84. The standard InChI is InChI=1S/C14H23NO/c1-5-15(6-2)14(16-7-3)13-10-8-12(4)9-11-13/h8-11,14H,5-7H2,1-4H3. The number of hydrogen-bond acceptors (Lipinski definition) is 2. The largest absolute Gasteiger partial charge is 0.359 e. The summed E-state index contributed by atoms with van der Waals surface area (Å²) in [5, 5.41) is 0. The fourth-order valence-corrected chi connectivity index (χ4v) is 1.86. The smallest absolute Gasteiger partial charge is 0.136 e. The van der Waals surface area contributed by atoms with Crippen molar-refractivity contribution in [2.24, 2.45) is 0 Å². The number of hydrogen-bond donors (Lipinski definition) is 0. The lowest BCUT2D eigenvalue weighted by Gasteiger charge is -2.29. The molecule has 0 aromatic heterocycles. The Balaban J connectivity index is 2.87. The topological polar surface area (TPSA) is 12.5 Å². The van der Waals surface area contributed by atoms with Crippen molar-refractivity contribution in [1.82, 2.24) is 4.90 Å². The monoisotopic (exact) mass is 221 g/mol. The van der Waals surface area contributed by atoms with Crippen molar-refractivity contribution in [2.45, 2.75) is 33.9 Å². The first kappa shape index (κ1) is 13.2. The molecule has 0 amide bonds. The highest BCUT2D eigenvalue weighted by Gasteiger charge is 2.17. The van der Waals surface area contributed by atoms with Gasteiger partial charge in [0, 0.05) is 6.61 Å². The van der Waals surface area contributed by atoms with Crippen LogP contribution in [0, 0.1) is 6.92 Å². The molecule has 1 rings (SSSR count). The van der Waals surface area contributed by atoms with Gasteiger partial charge in [-0.1, -0.05) is 43.7 Å².